The molecule has 0 radical (unpaired) electrons. The summed E-state index contributed by atoms with van der Waals surface area (Å²) in [5.74, 6) is 0. The fourth-order valence-electron chi connectivity index (χ4n) is 1.42. The average molecular weight is 207 g/mol. The van der Waals surface area contributed by atoms with Crippen molar-refractivity contribution in [2.45, 2.75) is 26.0 Å². The van der Waals surface area contributed by atoms with Gasteiger partial charge in [-0.05, 0) is 6.42 Å². The fourth-order valence-corrected chi connectivity index (χ4v) is 1.42. The lowest BCUT2D eigenvalue weighted by atomic mass is 10.3. The van der Waals surface area contributed by atoms with Gasteiger partial charge in [-0.3, -0.25) is 5.41 Å². The second kappa shape index (κ2) is 3.82. The maximum absolute atomic E-state index is 9.54. The zero-order chi connectivity index (χ0) is 10.8. The van der Waals surface area contributed by atoms with Crippen molar-refractivity contribution < 1.29 is 5.11 Å². The van der Waals surface area contributed by atoms with Crippen molar-refractivity contribution in [2.24, 2.45) is 0 Å². The highest BCUT2D eigenvalue weighted by atomic mass is 16.3. The third-order valence-corrected chi connectivity index (χ3v) is 2.33. The van der Waals surface area contributed by atoms with E-state index in [9.17, 15) is 5.11 Å². The minimum atomic E-state index is -0.409. The van der Waals surface area contributed by atoms with Crippen LogP contribution >= 0.6 is 0 Å². The molecule has 15 heavy (non-hydrogen) atoms. The Morgan fingerprint density at radius 1 is 1.60 bits per heavy atom. The van der Waals surface area contributed by atoms with Crippen LogP contribution in [0, 0.1) is 5.41 Å². The van der Waals surface area contributed by atoms with Gasteiger partial charge in [0.1, 0.15) is 5.52 Å². The Kier molecular flexibility index (Phi) is 2.51. The predicted octanol–water partition coefficient (Wildman–Crippen LogP) is 0.00977. The SMILES string of the molecule is CCC(O)Cn1cnc(=N)c2[nH]cnc21. The standard InChI is InChI=1S/C9H13N5O/c1-2-6(15)3-14-5-13-8(10)7-9(14)12-4-11-7/h4-6,10,15H,2-3H2,1H3,(H,11,12). The van der Waals surface area contributed by atoms with E-state index in [1.165, 1.54) is 12.7 Å². The van der Waals surface area contributed by atoms with Crippen LogP contribution in [0.3, 0.4) is 0 Å². The number of imidazole rings is 1. The van der Waals surface area contributed by atoms with Gasteiger partial charge in [0, 0.05) is 0 Å². The first-order valence-corrected chi connectivity index (χ1v) is 4.83. The molecule has 3 N–H and O–H groups in total. The summed E-state index contributed by atoms with van der Waals surface area (Å²) in [6, 6.07) is 0. The third kappa shape index (κ3) is 1.75. The molecule has 0 saturated carbocycles. The average Bonchev–Trinajstić information content (AvgIpc) is 2.71. The van der Waals surface area contributed by atoms with Crippen LogP contribution in [0.4, 0.5) is 0 Å². The van der Waals surface area contributed by atoms with Crippen LogP contribution in [0.15, 0.2) is 12.7 Å². The van der Waals surface area contributed by atoms with Crippen molar-refractivity contribution in [3.8, 4) is 0 Å². The van der Waals surface area contributed by atoms with Crippen molar-refractivity contribution in [1.29, 1.82) is 5.41 Å². The molecular weight excluding hydrogens is 194 g/mol. The summed E-state index contributed by atoms with van der Waals surface area (Å²) in [6.07, 6.45) is 3.33. The number of H-pyrrole nitrogens is 1. The number of aromatic nitrogens is 4. The summed E-state index contributed by atoms with van der Waals surface area (Å²) in [7, 11) is 0. The predicted molar refractivity (Wildman–Crippen MR) is 54.0 cm³/mol. The van der Waals surface area contributed by atoms with Crippen LogP contribution in [0.25, 0.3) is 11.2 Å². The van der Waals surface area contributed by atoms with E-state index in [-0.39, 0.29) is 5.49 Å². The van der Waals surface area contributed by atoms with Crippen molar-refractivity contribution in [3.63, 3.8) is 0 Å². The Hall–Kier alpha value is -1.69. The van der Waals surface area contributed by atoms with Crippen molar-refractivity contribution >= 4 is 11.2 Å². The maximum atomic E-state index is 9.54. The Balaban J connectivity index is 2.48. The molecule has 2 aromatic heterocycles. The number of fused-ring (bicyclic) bond motifs is 1. The molecule has 80 valence electrons. The molecule has 0 bridgehead atoms. The third-order valence-electron chi connectivity index (χ3n) is 2.33. The molecule has 0 aromatic carbocycles. The van der Waals surface area contributed by atoms with Gasteiger partial charge >= 0.3 is 0 Å². The highest BCUT2D eigenvalue weighted by Crippen LogP contribution is 2.04. The molecule has 0 aliphatic carbocycles. The Morgan fingerprint density at radius 2 is 2.40 bits per heavy atom. The topological polar surface area (TPSA) is 90.6 Å². The molecule has 0 aliphatic heterocycles. The smallest absolute Gasteiger partial charge is 0.173 e. The molecule has 0 fully saturated rings. The first kappa shape index (κ1) is 9.85. The minimum absolute atomic E-state index is 0.171. The van der Waals surface area contributed by atoms with Crippen LogP contribution < -0.4 is 5.49 Å². The van der Waals surface area contributed by atoms with Gasteiger partial charge in [0.25, 0.3) is 0 Å². The fraction of sp³-hybridized carbons (Fsp3) is 0.444. The molecule has 2 rings (SSSR count). The first-order chi connectivity index (χ1) is 7.22. The van der Waals surface area contributed by atoms with Crippen LogP contribution in [0.2, 0.25) is 0 Å². The highest BCUT2D eigenvalue weighted by Gasteiger charge is 2.07. The lowest BCUT2D eigenvalue weighted by molar-refractivity contribution is 0.150. The summed E-state index contributed by atoms with van der Waals surface area (Å²) >= 11 is 0. The number of nitrogens with zero attached hydrogens (tertiary/aromatic N) is 3. The van der Waals surface area contributed by atoms with Gasteiger partial charge in [-0.2, -0.15) is 0 Å². The van der Waals surface area contributed by atoms with Gasteiger partial charge in [-0.1, -0.05) is 6.92 Å². The number of rotatable bonds is 3. The number of hydrogen-bond acceptors (Lipinski definition) is 4. The number of nitrogens with one attached hydrogen (secondary N) is 2. The molecule has 0 aliphatic rings. The second-order valence-corrected chi connectivity index (χ2v) is 3.41. The lowest BCUT2D eigenvalue weighted by Gasteiger charge is -2.10. The normalized spacial score (nSPS) is 13.2. The molecule has 6 heteroatoms. The van der Waals surface area contributed by atoms with E-state index < -0.39 is 6.10 Å². The van der Waals surface area contributed by atoms with Gasteiger partial charge < -0.3 is 14.7 Å². The van der Waals surface area contributed by atoms with E-state index >= 15 is 0 Å². The van der Waals surface area contributed by atoms with E-state index in [2.05, 4.69) is 15.0 Å². The van der Waals surface area contributed by atoms with Crippen molar-refractivity contribution in [1.82, 2.24) is 19.5 Å². The molecule has 0 saturated heterocycles. The molecule has 0 amide bonds. The Labute approximate surface area is 86.1 Å². The van der Waals surface area contributed by atoms with Gasteiger partial charge in [0.2, 0.25) is 0 Å². The van der Waals surface area contributed by atoms with Crippen molar-refractivity contribution in [3.05, 3.63) is 18.1 Å². The summed E-state index contributed by atoms with van der Waals surface area (Å²) < 4.78 is 1.75. The number of hydrogen-bond donors (Lipinski definition) is 3. The number of aliphatic hydroxyl groups is 1. The summed E-state index contributed by atoms with van der Waals surface area (Å²) in [5, 5.41) is 17.1. The van der Waals surface area contributed by atoms with E-state index in [1.807, 2.05) is 6.92 Å². The molecule has 0 spiro atoms. The molecular formula is C9H13N5O. The van der Waals surface area contributed by atoms with E-state index in [4.69, 9.17) is 5.41 Å². The zero-order valence-corrected chi connectivity index (χ0v) is 8.44. The zero-order valence-electron chi connectivity index (χ0n) is 8.44. The van der Waals surface area contributed by atoms with Gasteiger partial charge in [-0.15, -0.1) is 0 Å². The molecule has 1 atom stereocenters. The van der Waals surface area contributed by atoms with Crippen molar-refractivity contribution in [2.75, 3.05) is 0 Å². The molecule has 2 aromatic rings. The van der Waals surface area contributed by atoms with Crippen LogP contribution in [-0.2, 0) is 6.54 Å². The number of aromatic amines is 1. The lowest BCUT2D eigenvalue weighted by Crippen LogP contribution is -2.19. The van der Waals surface area contributed by atoms with Gasteiger partial charge in [0.05, 0.1) is 25.3 Å². The second-order valence-electron chi connectivity index (χ2n) is 3.41. The summed E-state index contributed by atoms with van der Waals surface area (Å²) in [4.78, 5) is 10.9. The van der Waals surface area contributed by atoms with Gasteiger partial charge in [-0.25, -0.2) is 9.97 Å². The minimum Gasteiger partial charge on any atom is -0.391 e. The Morgan fingerprint density at radius 3 is 3.13 bits per heavy atom. The van der Waals surface area contributed by atoms with Crippen LogP contribution in [0.1, 0.15) is 13.3 Å². The number of aliphatic hydroxyl groups excluding tert-OH is 1. The maximum Gasteiger partial charge on any atom is 0.173 e. The highest BCUT2D eigenvalue weighted by molar-refractivity contribution is 5.68. The molecule has 1 unspecified atom stereocenters. The van der Waals surface area contributed by atoms with Crippen LogP contribution in [-0.4, -0.2) is 30.7 Å². The Bertz CT molecular complexity index is 514. The summed E-state index contributed by atoms with van der Waals surface area (Å²) in [5.41, 5.74) is 1.42. The molecule has 6 nitrogen and oxygen atoms in total. The van der Waals surface area contributed by atoms with E-state index in [1.54, 1.807) is 4.57 Å². The van der Waals surface area contributed by atoms with E-state index in [0.29, 0.717) is 24.1 Å². The summed E-state index contributed by atoms with van der Waals surface area (Å²) in [6.45, 7) is 2.37. The molecule has 2 heterocycles. The quantitative estimate of drug-likeness (QED) is 0.662. The first-order valence-electron chi connectivity index (χ1n) is 4.83. The van der Waals surface area contributed by atoms with Crippen LogP contribution in [0.5, 0.6) is 0 Å². The monoisotopic (exact) mass is 207 g/mol. The largest absolute Gasteiger partial charge is 0.391 e. The van der Waals surface area contributed by atoms with E-state index in [0.717, 1.165) is 0 Å². The van der Waals surface area contributed by atoms with Gasteiger partial charge in [0.15, 0.2) is 11.1 Å².